The smallest absolute Gasteiger partial charge is 0.354 e. The van der Waals surface area contributed by atoms with Crippen LogP contribution in [0, 0.1) is 0 Å². The monoisotopic (exact) mass is 213 g/mol. The fourth-order valence-corrected chi connectivity index (χ4v) is 0.894. The second-order valence-corrected chi connectivity index (χ2v) is 2.37. The largest absolute Gasteiger partial charge is 0.464 e. The highest BCUT2D eigenvalue weighted by Gasteiger charge is 2.14. The predicted molar refractivity (Wildman–Crippen MR) is 56.4 cm³/mol. The molecule has 0 aliphatic rings. The van der Waals surface area contributed by atoms with Gasteiger partial charge in [-0.15, -0.1) is 0 Å². The number of nitrogens with one attached hydrogen (secondary N) is 1. The predicted octanol–water partition coefficient (Wildman–Crippen LogP) is 0.509. The van der Waals surface area contributed by atoms with Crippen molar-refractivity contribution in [3.8, 4) is 0 Å². The number of anilines is 1. The summed E-state index contributed by atoms with van der Waals surface area (Å²) in [6.45, 7) is 4.00. The number of carbonyl (C=O) groups excluding carboxylic acids is 2. The molecular weight excluding hydrogens is 198 g/mol. The molecule has 15 heavy (non-hydrogen) atoms. The highest BCUT2D eigenvalue weighted by molar-refractivity contribution is 6.00. The maximum absolute atomic E-state index is 10.9. The van der Waals surface area contributed by atoms with E-state index < -0.39 is 11.9 Å². The van der Waals surface area contributed by atoms with E-state index in [0.717, 1.165) is 0 Å². The van der Waals surface area contributed by atoms with E-state index in [1.807, 2.05) is 13.8 Å². The van der Waals surface area contributed by atoms with Crippen molar-refractivity contribution in [2.24, 2.45) is 5.73 Å². The molecule has 0 aliphatic heterocycles. The lowest BCUT2D eigenvalue weighted by Crippen LogP contribution is -2.11. The normalized spacial score (nSPS) is 8.73. The fraction of sp³-hybridized carbons (Fsp3) is 0.333. The summed E-state index contributed by atoms with van der Waals surface area (Å²) in [5.41, 5.74) is 10.5. The molecule has 0 bridgehead atoms. The van der Waals surface area contributed by atoms with Crippen LogP contribution in [0.2, 0.25) is 0 Å². The maximum atomic E-state index is 10.9. The molecule has 0 saturated heterocycles. The number of carbonyl (C=O) groups is 2. The Labute approximate surface area is 87.6 Å². The Kier molecular flexibility index (Phi) is 4.94. The number of nitrogen functional groups attached to an aromatic ring is 1. The van der Waals surface area contributed by atoms with Gasteiger partial charge in [-0.05, 0) is 6.07 Å². The zero-order valence-electron chi connectivity index (χ0n) is 8.96. The van der Waals surface area contributed by atoms with E-state index in [-0.39, 0.29) is 17.1 Å². The first-order chi connectivity index (χ1) is 7.06. The van der Waals surface area contributed by atoms with Crippen molar-refractivity contribution in [2.45, 2.75) is 13.8 Å². The number of amides is 1. The number of hydrogen-bond acceptors (Lipinski definition) is 4. The number of esters is 1. The molecule has 0 aromatic carbocycles. The Morgan fingerprint density at radius 1 is 1.40 bits per heavy atom. The van der Waals surface area contributed by atoms with Gasteiger partial charge in [0, 0.05) is 0 Å². The third kappa shape index (κ3) is 3.01. The van der Waals surface area contributed by atoms with Gasteiger partial charge >= 0.3 is 5.97 Å². The van der Waals surface area contributed by atoms with E-state index in [1.54, 1.807) is 0 Å². The van der Waals surface area contributed by atoms with E-state index in [4.69, 9.17) is 11.5 Å². The highest BCUT2D eigenvalue weighted by atomic mass is 16.5. The summed E-state index contributed by atoms with van der Waals surface area (Å²) in [6, 6.07) is 1.25. The molecule has 84 valence electrons. The van der Waals surface area contributed by atoms with Crippen molar-refractivity contribution in [3.63, 3.8) is 0 Å². The first-order valence-corrected chi connectivity index (χ1v) is 4.43. The number of methoxy groups -OCH3 is 1. The molecule has 0 fully saturated rings. The van der Waals surface area contributed by atoms with Gasteiger partial charge in [0.25, 0.3) is 5.91 Å². The lowest BCUT2D eigenvalue weighted by atomic mass is 10.3. The fourth-order valence-electron chi connectivity index (χ4n) is 0.894. The van der Waals surface area contributed by atoms with E-state index in [0.29, 0.717) is 0 Å². The first kappa shape index (κ1) is 13.0. The molecule has 1 aromatic rings. The number of aromatic nitrogens is 1. The molecule has 0 saturated carbocycles. The maximum Gasteiger partial charge on any atom is 0.354 e. The standard InChI is InChI=1S/C7H9N3O3.C2H6/c1-13-7(12)4-2-3(6(9)11)5(8)10-4;1-2/h2,10H,8H2,1H3,(H2,9,11);1-2H3. The Bertz CT molecular complexity index is 357. The van der Waals surface area contributed by atoms with Crippen molar-refractivity contribution < 1.29 is 14.3 Å². The summed E-state index contributed by atoms with van der Waals surface area (Å²) in [6.07, 6.45) is 0. The first-order valence-electron chi connectivity index (χ1n) is 4.43. The van der Waals surface area contributed by atoms with Gasteiger partial charge in [0.15, 0.2) is 0 Å². The van der Waals surface area contributed by atoms with Crippen LogP contribution in [0.15, 0.2) is 6.07 Å². The summed E-state index contributed by atoms with van der Waals surface area (Å²) in [7, 11) is 1.23. The molecule has 0 atom stereocenters. The van der Waals surface area contributed by atoms with Crippen molar-refractivity contribution in [2.75, 3.05) is 12.8 Å². The molecule has 1 amide bonds. The molecule has 0 unspecified atom stereocenters. The average Bonchev–Trinajstić information content (AvgIpc) is 2.62. The Hall–Kier alpha value is -1.98. The van der Waals surface area contributed by atoms with Crippen molar-refractivity contribution in [1.29, 1.82) is 0 Å². The Balaban J connectivity index is 0.000000921. The van der Waals surface area contributed by atoms with E-state index >= 15 is 0 Å². The average molecular weight is 213 g/mol. The molecule has 0 spiro atoms. The van der Waals surface area contributed by atoms with Gasteiger partial charge < -0.3 is 21.2 Å². The van der Waals surface area contributed by atoms with Crippen LogP contribution in [-0.4, -0.2) is 24.0 Å². The van der Waals surface area contributed by atoms with Gasteiger partial charge in [0.1, 0.15) is 11.5 Å². The highest BCUT2D eigenvalue weighted by Crippen LogP contribution is 2.12. The Morgan fingerprint density at radius 3 is 2.27 bits per heavy atom. The molecule has 1 aromatic heterocycles. The van der Waals surface area contributed by atoms with Gasteiger partial charge in [-0.25, -0.2) is 4.79 Å². The van der Waals surface area contributed by atoms with Gasteiger partial charge in [0.05, 0.1) is 12.7 Å². The molecule has 5 N–H and O–H groups in total. The number of nitrogens with two attached hydrogens (primary N) is 2. The second kappa shape index (κ2) is 5.69. The number of primary amides is 1. The van der Waals surface area contributed by atoms with Crippen LogP contribution in [-0.2, 0) is 4.74 Å². The van der Waals surface area contributed by atoms with Gasteiger partial charge in [-0.1, -0.05) is 13.8 Å². The zero-order valence-corrected chi connectivity index (χ0v) is 8.96. The van der Waals surface area contributed by atoms with Gasteiger partial charge in [0.2, 0.25) is 0 Å². The molecule has 6 heteroatoms. The number of H-pyrrole nitrogens is 1. The summed E-state index contributed by atoms with van der Waals surface area (Å²) >= 11 is 0. The topological polar surface area (TPSA) is 111 Å². The third-order valence-corrected chi connectivity index (χ3v) is 1.52. The zero-order chi connectivity index (χ0) is 12.0. The minimum atomic E-state index is -0.691. The van der Waals surface area contributed by atoms with Crippen LogP contribution in [0.25, 0.3) is 0 Å². The van der Waals surface area contributed by atoms with Crippen LogP contribution in [0.5, 0.6) is 0 Å². The summed E-state index contributed by atoms with van der Waals surface area (Å²) in [4.78, 5) is 24.1. The molecule has 0 aliphatic carbocycles. The number of aromatic amines is 1. The minimum absolute atomic E-state index is 0.0629. The quantitative estimate of drug-likeness (QED) is 0.621. The van der Waals surface area contributed by atoms with Crippen LogP contribution >= 0.6 is 0 Å². The summed E-state index contributed by atoms with van der Waals surface area (Å²) in [5.74, 6) is -1.23. The third-order valence-electron chi connectivity index (χ3n) is 1.52. The summed E-state index contributed by atoms with van der Waals surface area (Å²) < 4.78 is 4.41. The van der Waals surface area contributed by atoms with Gasteiger partial charge in [-0.2, -0.15) is 0 Å². The molecule has 1 rings (SSSR count). The van der Waals surface area contributed by atoms with E-state index in [9.17, 15) is 9.59 Å². The van der Waals surface area contributed by atoms with Crippen molar-refractivity contribution in [3.05, 3.63) is 17.3 Å². The van der Waals surface area contributed by atoms with Crippen molar-refractivity contribution in [1.82, 2.24) is 4.98 Å². The SMILES string of the molecule is CC.COC(=O)c1cc(C(N)=O)c(N)[nH]1. The lowest BCUT2D eigenvalue weighted by molar-refractivity contribution is 0.0595. The number of rotatable bonds is 2. The minimum Gasteiger partial charge on any atom is -0.464 e. The number of hydrogen-bond donors (Lipinski definition) is 3. The summed E-state index contributed by atoms with van der Waals surface area (Å²) in [5, 5.41) is 0. The number of ether oxygens (including phenoxy) is 1. The van der Waals surface area contributed by atoms with Crippen LogP contribution in [0.1, 0.15) is 34.7 Å². The molecule has 1 heterocycles. The van der Waals surface area contributed by atoms with Crippen LogP contribution < -0.4 is 11.5 Å². The van der Waals surface area contributed by atoms with Crippen LogP contribution in [0.3, 0.4) is 0 Å². The van der Waals surface area contributed by atoms with E-state index in [2.05, 4.69) is 9.72 Å². The van der Waals surface area contributed by atoms with Gasteiger partial charge in [-0.3, -0.25) is 4.79 Å². The van der Waals surface area contributed by atoms with Crippen molar-refractivity contribution >= 4 is 17.7 Å². The van der Waals surface area contributed by atoms with E-state index in [1.165, 1.54) is 13.2 Å². The lowest BCUT2D eigenvalue weighted by Gasteiger charge is -1.92. The van der Waals surface area contributed by atoms with Crippen LogP contribution in [0.4, 0.5) is 5.82 Å². The molecule has 0 radical (unpaired) electrons. The molecule has 6 nitrogen and oxygen atoms in total. The Morgan fingerprint density at radius 2 is 1.93 bits per heavy atom. The second-order valence-electron chi connectivity index (χ2n) is 2.37. The molecular formula is C9H15N3O3.